The minimum atomic E-state index is -3.37. The van der Waals surface area contributed by atoms with Crippen LogP contribution in [-0.4, -0.2) is 31.9 Å². The van der Waals surface area contributed by atoms with Crippen LogP contribution in [0.1, 0.15) is 25.0 Å². The van der Waals surface area contributed by atoms with Crippen LogP contribution in [0.3, 0.4) is 0 Å². The minimum absolute atomic E-state index is 0.0544. The minimum Gasteiger partial charge on any atom is -0.369 e. The van der Waals surface area contributed by atoms with Gasteiger partial charge < -0.3 is 4.74 Å². The van der Waals surface area contributed by atoms with E-state index in [1.807, 2.05) is 37.3 Å². The van der Waals surface area contributed by atoms with Crippen LogP contribution in [0.2, 0.25) is 0 Å². The van der Waals surface area contributed by atoms with Crippen molar-refractivity contribution in [1.29, 1.82) is 0 Å². The molecule has 1 aliphatic heterocycles. The van der Waals surface area contributed by atoms with Crippen molar-refractivity contribution in [3.8, 4) is 0 Å². The zero-order valence-electron chi connectivity index (χ0n) is 11.0. The van der Waals surface area contributed by atoms with Crippen LogP contribution in [0.25, 0.3) is 0 Å². The molecule has 1 heterocycles. The molecular weight excluding hydrogens is 262 g/mol. The Morgan fingerprint density at radius 2 is 2.05 bits per heavy atom. The summed E-state index contributed by atoms with van der Waals surface area (Å²) in [7, 11) is -3.37. The molecule has 1 aliphatic rings. The molecule has 2 unspecified atom stereocenters. The molecule has 4 nitrogen and oxygen atoms in total. The highest BCUT2D eigenvalue weighted by atomic mass is 32.2. The molecule has 0 spiro atoms. The Kier molecular flexibility index (Phi) is 4.39. The van der Waals surface area contributed by atoms with Gasteiger partial charge in [-0.3, -0.25) is 0 Å². The van der Waals surface area contributed by atoms with Gasteiger partial charge in [-0.25, -0.2) is 8.42 Å². The third-order valence-electron chi connectivity index (χ3n) is 3.24. The Morgan fingerprint density at radius 3 is 2.68 bits per heavy atom. The Balaban J connectivity index is 2.16. The summed E-state index contributed by atoms with van der Waals surface area (Å²) < 4.78 is 31.1. The van der Waals surface area contributed by atoms with Gasteiger partial charge >= 0.3 is 0 Å². The summed E-state index contributed by atoms with van der Waals surface area (Å²) in [6.07, 6.45) is 0.463. The molecule has 104 valence electrons. The predicted octanol–water partition coefficient (Wildman–Crippen LogP) is 2.31. The zero-order chi connectivity index (χ0) is 13.9. The smallest absolute Gasteiger partial charge is 0.235 e. The molecule has 0 amide bonds. The van der Waals surface area contributed by atoms with Crippen LogP contribution >= 0.6 is 0 Å². The van der Waals surface area contributed by atoms with E-state index in [0.29, 0.717) is 19.5 Å². The van der Waals surface area contributed by atoms with Gasteiger partial charge in [0.2, 0.25) is 10.0 Å². The van der Waals surface area contributed by atoms with E-state index in [1.165, 1.54) is 4.31 Å². The number of hydrogen-bond acceptors (Lipinski definition) is 3. The maximum absolute atomic E-state index is 11.8. The van der Waals surface area contributed by atoms with Crippen LogP contribution in [0.4, 0.5) is 0 Å². The SMILES string of the molecule is C=CS(=O)(=O)N1CCC(c2ccccc2)OC(C)C1. The van der Waals surface area contributed by atoms with E-state index in [4.69, 9.17) is 4.74 Å². The van der Waals surface area contributed by atoms with Gasteiger partial charge in [-0.1, -0.05) is 36.9 Å². The number of rotatable bonds is 3. The maximum Gasteiger partial charge on any atom is 0.235 e. The van der Waals surface area contributed by atoms with E-state index >= 15 is 0 Å². The number of sulfonamides is 1. The highest BCUT2D eigenvalue weighted by Gasteiger charge is 2.28. The summed E-state index contributed by atoms with van der Waals surface area (Å²) in [5.74, 6) is 0. The van der Waals surface area contributed by atoms with Gasteiger partial charge in [0.05, 0.1) is 12.2 Å². The monoisotopic (exact) mass is 281 g/mol. The second-order valence-corrected chi connectivity index (χ2v) is 6.58. The molecule has 0 saturated carbocycles. The van der Waals surface area contributed by atoms with Crippen molar-refractivity contribution in [3.63, 3.8) is 0 Å². The third kappa shape index (κ3) is 3.43. The zero-order valence-corrected chi connectivity index (χ0v) is 11.8. The normalized spacial score (nSPS) is 25.7. The summed E-state index contributed by atoms with van der Waals surface area (Å²) >= 11 is 0. The lowest BCUT2D eigenvalue weighted by atomic mass is 10.1. The Morgan fingerprint density at radius 1 is 1.37 bits per heavy atom. The Bertz CT molecular complexity index is 527. The summed E-state index contributed by atoms with van der Waals surface area (Å²) in [6, 6.07) is 9.90. The van der Waals surface area contributed by atoms with Crippen molar-refractivity contribution in [2.75, 3.05) is 13.1 Å². The van der Waals surface area contributed by atoms with Crippen LogP contribution in [0.15, 0.2) is 42.3 Å². The van der Waals surface area contributed by atoms with Crippen molar-refractivity contribution in [2.24, 2.45) is 0 Å². The molecule has 2 atom stereocenters. The van der Waals surface area contributed by atoms with Crippen molar-refractivity contribution in [1.82, 2.24) is 4.31 Å². The molecule has 1 fully saturated rings. The average Bonchev–Trinajstić information content (AvgIpc) is 2.62. The molecule has 0 aliphatic carbocycles. The summed E-state index contributed by atoms with van der Waals surface area (Å²) in [4.78, 5) is 0. The van der Waals surface area contributed by atoms with Gasteiger partial charge in [-0.15, -0.1) is 0 Å². The molecule has 19 heavy (non-hydrogen) atoms. The fourth-order valence-corrected chi connectivity index (χ4v) is 3.27. The highest BCUT2D eigenvalue weighted by molar-refractivity contribution is 7.92. The topological polar surface area (TPSA) is 46.6 Å². The van der Waals surface area contributed by atoms with Gasteiger partial charge in [-0.05, 0) is 18.9 Å². The molecule has 0 radical (unpaired) electrons. The summed E-state index contributed by atoms with van der Waals surface area (Å²) in [5.41, 5.74) is 1.09. The molecule has 5 heteroatoms. The first-order valence-corrected chi connectivity index (χ1v) is 7.86. The van der Waals surface area contributed by atoms with Crippen LogP contribution in [0.5, 0.6) is 0 Å². The number of benzene rings is 1. The van der Waals surface area contributed by atoms with Crippen LogP contribution in [0, 0.1) is 0 Å². The molecule has 1 saturated heterocycles. The van der Waals surface area contributed by atoms with E-state index in [1.54, 1.807) is 0 Å². The molecule has 1 aromatic rings. The number of ether oxygens (including phenoxy) is 1. The van der Waals surface area contributed by atoms with Gasteiger partial charge in [0.25, 0.3) is 0 Å². The number of nitrogens with zero attached hydrogens (tertiary/aromatic N) is 1. The lowest BCUT2D eigenvalue weighted by Crippen LogP contribution is -2.34. The summed E-state index contributed by atoms with van der Waals surface area (Å²) in [6.45, 7) is 6.09. The molecule has 0 bridgehead atoms. The summed E-state index contributed by atoms with van der Waals surface area (Å²) in [5, 5.41) is 1.00. The Hall–Kier alpha value is -1.17. The first-order chi connectivity index (χ1) is 9.03. The van der Waals surface area contributed by atoms with Crippen molar-refractivity contribution < 1.29 is 13.2 Å². The second kappa shape index (κ2) is 5.86. The van der Waals surface area contributed by atoms with Crippen molar-refractivity contribution in [3.05, 3.63) is 47.9 Å². The molecule has 2 rings (SSSR count). The van der Waals surface area contributed by atoms with E-state index in [-0.39, 0.29) is 12.2 Å². The van der Waals surface area contributed by atoms with E-state index in [2.05, 4.69) is 6.58 Å². The molecule has 0 N–H and O–H groups in total. The quantitative estimate of drug-likeness (QED) is 0.854. The average molecular weight is 281 g/mol. The fraction of sp³-hybridized carbons (Fsp3) is 0.429. The van der Waals surface area contributed by atoms with Gasteiger partial charge in [0.15, 0.2) is 0 Å². The van der Waals surface area contributed by atoms with Gasteiger partial charge in [-0.2, -0.15) is 4.31 Å². The van der Waals surface area contributed by atoms with Crippen molar-refractivity contribution >= 4 is 10.0 Å². The number of hydrogen-bond donors (Lipinski definition) is 0. The molecular formula is C14H19NO3S. The predicted molar refractivity (Wildman–Crippen MR) is 75.0 cm³/mol. The van der Waals surface area contributed by atoms with E-state index in [0.717, 1.165) is 11.0 Å². The van der Waals surface area contributed by atoms with Crippen molar-refractivity contribution in [2.45, 2.75) is 25.6 Å². The standard InChI is InChI=1S/C14H19NO3S/c1-3-19(16,17)15-10-9-14(18-12(2)11-15)13-7-5-4-6-8-13/h3-8,12,14H,1,9-11H2,2H3. The van der Waals surface area contributed by atoms with Crippen LogP contribution < -0.4 is 0 Å². The van der Waals surface area contributed by atoms with E-state index < -0.39 is 10.0 Å². The van der Waals surface area contributed by atoms with E-state index in [9.17, 15) is 8.42 Å². The molecule has 0 aromatic heterocycles. The van der Waals surface area contributed by atoms with Gasteiger partial charge in [0, 0.05) is 18.5 Å². The van der Waals surface area contributed by atoms with Gasteiger partial charge in [0.1, 0.15) is 0 Å². The largest absolute Gasteiger partial charge is 0.369 e. The fourth-order valence-electron chi connectivity index (χ4n) is 2.28. The lowest BCUT2D eigenvalue weighted by molar-refractivity contribution is 0.00553. The first kappa shape index (κ1) is 14.2. The van der Waals surface area contributed by atoms with Crippen LogP contribution in [-0.2, 0) is 14.8 Å². The third-order valence-corrected chi connectivity index (χ3v) is 4.71. The lowest BCUT2D eigenvalue weighted by Gasteiger charge is -2.19. The Labute approximate surface area is 114 Å². The maximum atomic E-state index is 11.8. The highest BCUT2D eigenvalue weighted by Crippen LogP contribution is 2.27. The first-order valence-electron chi connectivity index (χ1n) is 6.36. The molecule has 1 aromatic carbocycles. The second-order valence-electron chi connectivity index (χ2n) is 4.70.